The Hall–Kier alpha value is -2.17. The maximum Gasteiger partial charge on any atom is 0.259 e. The number of halogens is 2. The molecule has 0 fully saturated rings. The lowest BCUT2D eigenvalue weighted by Gasteiger charge is -2.07. The van der Waals surface area contributed by atoms with Crippen molar-refractivity contribution in [3.05, 3.63) is 53.0 Å². The highest BCUT2D eigenvalue weighted by molar-refractivity contribution is 6.06. The number of hydrogen-bond donors (Lipinski definition) is 1. The Labute approximate surface area is 102 Å². The zero-order chi connectivity index (χ0) is 13.3. The number of furan rings is 1. The largest absolute Gasteiger partial charge is 0.469 e. The van der Waals surface area contributed by atoms with Gasteiger partial charge in [-0.15, -0.1) is 0 Å². The van der Waals surface area contributed by atoms with E-state index in [-0.39, 0.29) is 5.56 Å². The first-order valence-corrected chi connectivity index (χ1v) is 5.30. The molecule has 2 aromatic rings. The van der Waals surface area contributed by atoms with Gasteiger partial charge in [-0.2, -0.15) is 0 Å². The van der Waals surface area contributed by atoms with Gasteiger partial charge in [-0.3, -0.25) is 4.79 Å². The molecule has 1 heterocycles. The average molecular weight is 251 g/mol. The van der Waals surface area contributed by atoms with E-state index >= 15 is 0 Å². The Morgan fingerprint density at radius 1 is 1.22 bits per heavy atom. The molecule has 0 saturated carbocycles. The van der Waals surface area contributed by atoms with Gasteiger partial charge in [0.25, 0.3) is 5.91 Å². The lowest BCUT2D eigenvalue weighted by Crippen LogP contribution is -2.15. The van der Waals surface area contributed by atoms with Gasteiger partial charge in [-0.25, -0.2) is 8.78 Å². The van der Waals surface area contributed by atoms with E-state index in [0.717, 1.165) is 12.1 Å². The van der Waals surface area contributed by atoms with Crippen LogP contribution in [0.3, 0.4) is 0 Å². The van der Waals surface area contributed by atoms with Crippen LogP contribution < -0.4 is 5.32 Å². The molecule has 0 saturated heterocycles. The number of rotatable bonds is 2. The molecule has 1 amide bonds. The number of anilines is 1. The number of benzene rings is 1. The third kappa shape index (κ3) is 2.11. The fourth-order valence-electron chi connectivity index (χ4n) is 1.70. The maximum absolute atomic E-state index is 13.4. The number of aryl methyl sites for hydroxylation is 2. The van der Waals surface area contributed by atoms with E-state index in [1.807, 2.05) is 0 Å². The topological polar surface area (TPSA) is 42.2 Å². The van der Waals surface area contributed by atoms with Gasteiger partial charge in [0.05, 0.1) is 11.8 Å². The van der Waals surface area contributed by atoms with Gasteiger partial charge in [-0.1, -0.05) is 6.07 Å². The summed E-state index contributed by atoms with van der Waals surface area (Å²) in [6.07, 6.45) is 1.42. The summed E-state index contributed by atoms with van der Waals surface area (Å²) in [4.78, 5) is 11.9. The van der Waals surface area contributed by atoms with Gasteiger partial charge in [0.15, 0.2) is 0 Å². The quantitative estimate of drug-likeness (QED) is 0.888. The predicted molar refractivity (Wildman–Crippen MR) is 62.5 cm³/mol. The van der Waals surface area contributed by atoms with E-state index in [1.54, 1.807) is 13.8 Å². The van der Waals surface area contributed by atoms with Crippen LogP contribution in [0.4, 0.5) is 14.5 Å². The van der Waals surface area contributed by atoms with Crippen LogP contribution in [-0.2, 0) is 0 Å². The van der Waals surface area contributed by atoms with Crippen molar-refractivity contribution in [3.63, 3.8) is 0 Å². The summed E-state index contributed by atoms with van der Waals surface area (Å²) in [5, 5.41) is 2.21. The Morgan fingerprint density at radius 3 is 2.33 bits per heavy atom. The smallest absolute Gasteiger partial charge is 0.259 e. The first kappa shape index (κ1) is 12.3. The second-order valence-electron chi connectivity index (χ2n) is 3.90. The van der Waals surface area contributed by atoms with Gasteiger partial charge in [0.2, 0.25) is 0 Å². The van der Waals surface area contributed by atoms with Gasteiger partial charge in [0.1, 0.15) is 23.1 Å². The minimum absolute atomic E-state index is 0.289. The molecule has 0 atom stereocenters. The number of carbonyl (C=O) groups excluding carboxylic acids is 1. The number of nitrogens with one attached hydrogen (secondary N) is 1. The van der Waals surface area contributed by atoms with E-state index in [4.69, 9.17) is 4.42 Å². The van der Waals surface area contributed by atoms with Crippen molar-refractivity contribution in [2.45, 2.75) is 13.8 Å². The standard InChI is InChI=1S/C13H11F2NO2/c1-7-6-18-8(2)11(7)13(17)16-12-9(14)4-3-5-10(12)15/h3-6H,1-2H3,(H,16,17). The van der Waals surface area contributed by atoms with Crippen LogP contribution in [-0.4, -0.2) is 5.91 Å². The summed E-state index contributed by atoms with van der Waals surface area (Å²) in [6.45, 7) is 3.29. The fraction of sp³-hybridized carbons (Fsp3) is 0.154. The summed E-state index contributed by atoms with van der Waals surface area (Å²) >= 11 is 0. The van der Waals surface area contributed by atoms with Crippen molar-refractivity contribution in [3.8, 4) is 0 Å². The Kier molecular flexibility index (Phi) is 3.14. The SMILES string of the molecule is Cc1coc(C)c1C(=O)Nc1c(F)cccc1F. The minimum Gasteiger partial charge on any atom is -0.469 e. The normalized spacial score (nSPS) is 10.4. The molecule has 94 valence electrons. The highest BCUT2D eigenvalue weighted by Gasteiger charge is 2.18. The van der Waals surface area contributed by atoms with Gasteiger partial charge < -0.3 is 9.73 Å². The van der Waals surface area contributed by atoms with E-state index in [0.29, 0.717) is 11.3 Å². The molecule has 0 bridgehead atoms. The number of para-hydroxylation sites is 1. The molecule has 1 N–H and O–H groups in total. The third-order valence-electron chi connectivity index (χ3n) is 2.59. The molecule has 1 aromatic carbocycles. The van der Waals surface area contributed by atoms with Crippen LogP contribution >= 0.6 is 0 Å². The predicted octanol–water partition coefficient (Wildman–Crippen LogP) is 3.43. The first-order valence-electron chi connectivity index (χ1n) is 5.30. The molecular formula is C13H11F2NO2. The van der Waals surface area contributed by atoms with E-state index in [9.17, 15) is 13.6 Å². The number of hydrogen-bond acceptors (Lipinski definition) is 2. The highest BCUT2D eigenvalue weighted by Crippen LogP contribution is 2.21. The van der Waals surface area contributed by atoms with Crippen LogP contribution in [0.25, 0.3) is 0 Å². The van der Waals surface area contributed by atoms with Crippen molar-refractivity contribution < 1.29 is 18.0 Å². The lowest BCUT2D eigenvalue weighted by atomic mass is 10.1. The van der Waals surface area contributed by atoms with Crippen molar-refractivity contribution in [2.24, 2.45) is 0 Å². The number of carbonyl (C=O) groups is 1. The molecule has 3 nitrogen and oxygen atoms in total. The molecule has 2 rings (SSSR count). The summed E-state index contributed by atoms with van der Waals surface area (Å²) < 4.78 is 31.8. The maximum atomic E-state index is 13.4. The van der Waals surface area contributed by atoms with Crippen molar-refractivity contribution >= 4 is 11.6 Å². The van der Waals surface area contributed by atoms with Crippen LogP contribution in [0.2, 0.25) is 0 Å². The second-order valence-corrected chi connectivity index (χ2v) is 3.90. The number of amides is 1. The Balaban J connectivity index is 2.33. The van der Waals surface area contributed by atoms with Crippen LogP contribution in [0, 0.1) is 25.5 Å². The third-order valence-corrected chi connectivity index (χ3v) is 2.59. The zero-order valence-corrected chi connectivity index (χ0v) is 9.88. The summed E-state index contributed by atoms with van der Waals surface area (Å²) in [6, 6.07) is 3.39. The molecule has 18 heavy (non-hydrogen) atoms. The molecule has 0 unspecified atom stereocenters. The second kappa shape index (κ2) is 4.60. The summed E-state index contributed by atoms with van der Waals surface area (Å²) in [5.41, 5.74) is 0.446. The molecule has 0 spiro atoms. The van der Waals surface area contributed by atoms with Gasteiger partial charge >= 0.3 is 0 Å². The average Bonchev–Trinajstić information content (AvgIpc) is 2.64. The summed E-state index contributed by atoms with van der Waals surface area (Å²) in [5.74, 6) is -1.83. The van der Waals surface area contributed by atoms with Crippen molar-refractivity contribution in [1.82, 2.24) is 0 Å². The molecule has 0 aliphatic rings. The molecular weight excluding hydrogens is 240 g/mol. The minimum atomic E-state index is -0.817. The fourth-order valence-corrected chi connectivity index (χ4v) is 1.70. The highest BCUT2D eigenvalue weighted by atomic mass is 19.1. The van der Waals surface area contributed by atoms with Gasteiger partial charge in [0, 0.05) is 5.56 Å². The van der Waals surface area contributed by atoms with Crippen molar-refractivity contribution in [2.75, 3.05) is 5.32 Å². The molecule has 1 aromatic heterocycles. The zero-order valence-electron chi connectivity index (χ0n) is 9.88. The van der Waals surface area contributed by atoms with Crippen LogP contribution in [0.5, 0.6) is 0 Å². The molecule has 0 aliphatic heterocycles. The van der Waals surface area contributed by atoms with Crippen LogP contribution in [0.15, 0.2) is 28.9 Å². The van der Waals surface area contributed by atoms with Crippen molar-refractivity contribution in [1.29, 1.82) is 0 Å². The van der Waals surface area contributed by atoms with E-state index < -0.39 is 23.2 Å². The lowest BCUT2D eigenvalue weighted by molar-refractivity contribution is 0.102. The summed E-state index contributed by atoms with van der Waals surface area (Å²) in [7, 11) is 0. The molecule has 0 aliphatic carbocycles. The van der Waals surface area contributed by atoms with E-state index in [2.05, 4.69) is 5.32 Å². The Bertz CT molecular complexity index is 565. The van der Waals surface area contributed by atoms with Gasteiger partial charge in [-0.05, 0) is 26.0 Å². The first-order chi connectivity index (χ1) is 8.50. The van der Waals surface area contributed by atoms with Crippen LogP contribution in [0.1, 0.15) is 21.7 Å². The van der Waals surface area contributed by atoms with E-state index in [1.165, 1.54) is 12.3 Å². The molecule has 5 heteroatoms. The monoisotopic (exact) mass is 251 g/mol. The molecule has 0 radical (unpaired) electrons. The Morgan fingerprint density at radius 2 is 1.83 bits per heavy atom.